The van der Waals surface area contributed by atoms with Crippen LogP contribution in [0.1, 0.15) is 16.7 Å². The van der Waals surface area contributed by atoms with E-state index in [0.717, 1.165) is 43.5 Å². The highest BCUT2D eigenvalue weighted by molar-refractivity contribution is 14.0. The van der Waals surface area contributed by atoms with Crippen LogP contribution in [0, 0.1) is 6.92 Å². The molecule has 2 rings (SSSR count). The number of nitrogens with zero attached hydrogens (tertiary/aromatic N) is 2. The van der Waals surface area contributed by atoms with Crippen molar-refractivity contribution in [3.63, 3.8) is 0 Å². The lowest BCUT2D eigenvalue weighted by Crippen LogP contribution is -2.36. The maximum absolute atomic E-state index is 5.89. The summed E-state index contributed by atoms with van der Waals surface area (Å²) in [5.74, 6) is 1.66. The zero-order chi connectivity index (χ0) is 20.9. The molecule has 0 fully saturated rings. The van der Waals surface area contributed by atoms with Crippen LogP contribution < -0.4 is 15.4 Å². The van der Waals surface area contributed by atoms with E-state index in [0.29, 0.717) is 13.2 Å². The Kier molecular flexibility index (Phi) is 13.1. The summed E-state index contributed by atoms with van der Waals surface area (Å²) in [5, 5.41) is 6.73. The van der Waals surface area contributed by atoms with Gasteiger partial charge in [-0.05, 0) is 42.8 Å². The fraction of sp³-hybridized carbons (Fsp3) is 0.435. The number of aryl methyl sites for hydroxylation is 1. The molecule has 0 saturated heterocycles. The number of aliphatic imine (C=N–C) groups is 1. The molecule has 7 heteroatoms. The summed E-state index contributed by atoms with van der Waals surface area (Å²) >= 11 is 0. The highest BCUT2D eigenvalue weighted by atomic mass is 127. The lowest BCUT2D eigenvalue weighted by atomic mass is 10.1. The van der Waals surface area contributed by atoms with Crippen molar-refractivity contribution in [1.29, 1.82) is 0 Å². The van der Waals surface area contributed by atoms with Gasteiger partial charge in [-0.1, -0.05) is 36.4 Å². The van der Waals surface area contributed by atoms with Gasteiger partial charge in [0.15, 0.2) is 5.96 Å². The number of guanidine groups is 1. The third-order valence-corrected chi connectivity index (χ3v) is 4.71. The summed E-state index contributed by atoms with van der Waals surface area (Å²) in [6.45, 7) is 6.69. The van der Waals surface area contributed by atoms with Crippen LogP contribution in [-0.2, 0) is 17.8 Å². The Morgan fingerprint density at radius 3 is 2.47 bits per heavy atom. The zero-order valence-electron chi connectivity index (χ0n) is 18.5. The second kappa shape index (κ2) is 15.0. The molecule has 0 heterocycles. The van der Waals surface area contributed by atoms with Gasteiger partial charge in [0.1, 0.15) is 12.4 Å². The molecular weight excluding hydrogens is 491 g/mol. The number of rotatable bonds is 11. The molecule has 0 unspecified atom stereocenters. The topological polar surface area (TPSA) is 58.1 Å². The number of ether oxygens (including phenoxy) is 2. The van der Waals surface area contributed by atoms with Crippen molar-refractivity contribution < 1.29 is 9.47 Å². The van der Waals surface area contributed by atoms with Gasteiger partial charge in [0.25, 0.3) is 0 Å². The van der Waals surface area contributed by atoms with E-state index in [1.54, 1.807) is 14.2 Å². The van der Waals surface area contributed by atoms with Crippen LogP contribution in [0.3, 0.4) is 0 Å². The largest absolute Gasteiger partial charge is 0.492 e. The Bertz CT molecular complexity index is 770. The molecule has 0 aliphatic heterocycles. The van der Waals surface area contributed by atoms with E-state index in [-0.39, 0.29) is 24.0 Å². The summed E-state index contributed by atoms with van der Waals surface area (Å²) < 4.78 is 11.0. The average Bonchev–Trinajstić information content (AvgIpc) is 2.74. The van der Waals surface area contributed by atoms with Gasteiger partial charge >= 0.3 is 0 Å². The van der Waals surface area contributed by atoms with Gasteiger partial charge in [0.2, 0.25) is 0 Å². The predicted octanol–water partition coefficient (Wildman–Crippen LogP) is 3.44. The van der Waals surface area contributed by atoms with Crippen LogP contribution in [0.25, 0.3) is 0 Å². The van der Waals surface area contributed by atoms with Crippen molar-refractivity contribution in [2.45, 2.75) is 20.0 Å². The lowest BCUT2D eigenvalue weighted by molar-refractivity contribution is 0.150. The highest BCUT2D eigenvalue weighted by Gasteiger charge is 2.03. The second-order valence-corrected chi connectivity index (χ2v) is 7.00. The van der Waals surface area contributed by atoms with Gasteiger partial charge < -0.3 is 25.0 Å². The second-order valence-electron chi connectivity index (χ2n) is 7.00. The van der Waals surface area contributed by atoms with Crippen LogP contribution in [0.5, 0.6) is 5.75 Å². The first-order valence-electron chi connectivity index (χ1n) is 10.0. The molecule has 0 spiro atoms. The molecule has 0 atom stereocenters. The minimum atomic E-state index is 0. The van der Waals surface area contributed by atoms with Crippen molar-refractivity contribution in [3.05, 3.63) is 65.2 Å². The number of methoxy groups -OCH3 is 1. The van der Waals surface area contributed by atoms with Crippen molar-refractivity contribution in [2.75, 3.05) is 47.5 Å². The monoisotopic (exact) mass is 526 g/mol. The molecule has 0 bridgehead atoms. The van der Waals surface area contributed by atoms with Crippen molar-refractivity contribution >= 4 is 29.9 Å². The van der Waals surface area contributed by atoms with Crippen LogP contribution in [-0.4, -0.2) is 58.4 Å². The first-order valence-corrected chi connectivity index (χ1v) is 10.0. The van der Waals surface area contributed by atoms with Crippen molar-refractivity contribution in [2.24, 2.45) is 4.99 Å². The average molecular weight is 526 g/mol. The van der Waals surface area contributed by atoms with E-state index in [2.05, 4.69) is 70.9 Å². The molecule has 166 valence electrons. The standard InChI is InChI=1S/C23H34N4O2.HI/c1-19-8-5-6-10-21(19)18-26-23(24-2)25-17-20-9-7-11-22(16-20)29-15-13-27(3)12-14-28-4;/h5-11,16H,12-15,17-18H2,1-4H3,(H2,24,25,26);1H. The number of nitrogens with one attached hydrogen (secondary N) is 2. The van der Waals surface area contributed by atoms with E-state index in [1.807, 2.05) is 12.1 Å². The van der Waals surface area contributed by atoms with Gasteiger partial charge in [-0.2, -0.15) is 0 Å². The van der Waals surface area contributed by atoms with Crippen LogP contribution in [0.2, 0.25) is 0 Å². The summed E-state index contributed by atoms with van der Waals surface area (Å²) in [6.07, 6.45) is 0. The van der Waals surface area contributed by atoms with Gasteiger partial charge in [-0.3, -0.25) is 4.99 Å². The van der Waals surface area contributed by atoms with Crippen molar-refractivity contribution in [1.82, 2.24) is 15.5 Å². The molecule has 2 N–H and O–H groups in total. The molecule has 2 aromatic carbocycles. The van der Waals surface area contributed by atoms with Crippen LogP contribution in [0.15, 0.2) is 53.5 Å². The van der Waals surface area contributed by atoms with Crippen LogP contribution >= 0.6 is 24.0 Å². The number of benzene rings is 2. The van der Waals surface area contributed by atoms with E-state index >= 15 is 0 Å². The first kappa shape index (κ1) is 26.2. The molecule has 30 heavy (non-hydrogen) atoms. The molecular formula is C23H35IN4O2. The van der Waals surface area contributed by atoms with E-state index in [9.17, 15) is 0 Å². The number of hydrogen-bond donors (Lipinski definition) is 2. The smallest absolute Gasteiger partial charge is 0.191 e. The molecule has 0 radical (unpaired) electrons. The Morgan fingerprint density at radius 2 is 1.73 bits per heavy atom. The van der Waals surface area contributed by atoms with E-state index in [4.69, 9.17) is 9.47 Å². The third-order valence-electron chi connectivity index (χ3n) is 4.71. The molecule has 0 aliphatic carbocycles. The molecule has 0 aliphatic rings. The number of likely N-dealkylation sites (N-methyl/N-ethyl adjacent to an activating group) is 1. The molecule has 6 nitrogen and oxygen atoms in total. The van der Waals surface area contributed by atoms with Crippen LogP contribution in [0.4, 0.5) is 0 Å². The minimum Gasteiger partial charge on any atom is -0.492 e. The van der Waals surface area contributed by atoms with Gasteiger partial charge in [0.05, 0.1) is 6.61 Å². The number of halogens is 1. The van der Waals surface area contributed by atoms with Gasteiger partial charge in [-0.25, -0.2) is 0 Å². The predicted molar refractivity (Wildman–Crippen MR) is 135 cm³/mol. The maximum atomic E-state index is 5.89. The van der Waals surface area contributed by atoms with E-state index < -0.39 is 0 Å². The molecule has 0 saturated carbocycles. The Balaban J connectivity index is 0.00000450. The van der Waals surface area contributed by atoms with Crippen molar-refractivity contribution in [3.8, 4) is 5.75 Å². The fourth-order valence-corrected chi connectivity index (χ4v) is 2.82. The highest BCUT2D eigenvalue weighted by Crippen LogP contribution is 2.13. The molecule has 0 amide bonds. The Morgan fingerprint density at radius 1 is 1.00 bits per heavy atom. The summed E-state index contributed by atoms with van der Waals surface area (Å²) in [6, 6.07) is 16.5. The number of hydrogen-bond acceptors (Lipinski definition) is 4. The van der Waals surface area contributed by atoms with E-state index in [1.165, 1.54) is 11.1 Å². The van der Waals surface area contributed by atoms with Gasteiger partial charge in [-0.15, -0.1) is 24.0 Å². The molecule has 0 aromatic heterocycles. The third kappa shape index (κ3) is 9.77. The fourth-order valence-electron chi connectivity index (χ4n) is 2.82. The maximum Gasteiger partial charge on any atom is 0.191 e. The lowest BCUT2D eigenvalue weighted by Gasteiger charge is -2.17. The summed E-state index contributed by atoms with van der Waals surface area (Å²) in [7, 11) is 5.57. The quantitative estimate of drug-likeness (QED) is 0.267. The summed E-state index contributed by atoms with van der Waals surface area (Å²) in [4.78, 5) is 6.50. The zero-order valence-corrected chi connectivity index (χ0v) is 20.8. The summed E-state index contributed by atoms with van der Waals surface area (Å²) in [5.41, 5.74) is 3.68. The Hall–Kier alpha value is -1.84. The molecule has 2 aromatic rings. The first-order chi connectivity index (χ1) is 14.1. The van der Waals surface area contributed by atoms with Gasteiger partial charge in [0, 0.05) is 40.3 Å². The normalized spacial score (nSPS) is 11.2. The SMILES string of the molecule is CN=C(NCc1cccc(OCCN(C)CCOC)c1)NCc1ccccc1C.I. The minimum absolute atomic E-state index is 0. The Labute approximate surface area is 198 Å².